The van der Waals surface area contributed by atoms with Gasteiger partial charge in [-0.1, -0.05) is 35.9 Å². The van der Waals surface area contributed by atoms with Crippen molar-refractivity contribution in [3.05, 3.63) is 70.0 Å². The van der Waals surface area contributed by atoms with Crippen molar-refractivity contribution in [3.8, 4) is 22.4 Å². The van der Waals surface area contributed by atoms with E-state index in [9.17, 15) is 13.2 Å². The van der Waals surface area contributed by atoms with Crippen LogP contribution in [-0.4, -0.2) is 24.9 Å². The van der Waals surface area contributed by atoms with Crippen LogP contribution in [0.5, 0.6) is 0 Å². The molecule has 1 heterocycles. The van der Waals surface area contributed by atoms with E-state index < -0.39 is 9.84 Å². The highest BCUT2D eigenvalue weighted by Gasteiger charge is 2.14. The standard InChI is InChI=1S/C17H13ClN2O3S/c1-24(22,23)14-8-4-12(5-9-14)17-16(15(21)10-19-20-17)11-2-6-13(18)7-3-11/h2-10H,1H3,(H,20,21). The summed E-state index contributed by atoms with van der Waals surface area (Å²) < 4.78 is 23.1. The van der Waals surface area contributed by atoms with Gasteiger partial charge in [-0.3, -0.25) is 9.89 Å². The second-order valence-corrected chi connectivity index (χ2v) is 7.74. The van der Waals surface area contributed by atoms with E-state index in [-0.39, 0.29) is 10.3 Å². The smallest absolute Gasteiger partial charge is 0.208 e. The van der Waals surface area contributed by atoms with E-state index in [2.05, 4.69) is 10.2 Å². The van der Waals surface area contributed by atoms with Gasteiger partial charge in [0.25, 0.3) is 0 Å². The summed E-state index contributed by atoms with van der Waals surface area (Å²) >= 11 is 5.90. The van der Waals surface area contributed by atoms with E-state index >= 15 is 0 Å². The Kier molecular flexibility index (Phi) is 4.26. The van der Waals surface area contributed by atoms with Gasteiger partial charge in [-0.15, -0.1) is 0 Å². The first-order valence-corrected chi connectivity index (χ1v) is 9.27. The largest absolute Gasteiger partial charge is 0.287 e. The number of nitrogens with zero attached hydrogens (tertiary/aromatic N) is 1. The number of halogens is 1. The third kappa shape index (κ3) is 3.25. The van der Waals surface area contributed by atoms with Crippen molar-refractivity contribution in [2.45, 2.75) is 4.90 Å². The molecule has 3 aromatic rings. The molecule has 0 amide bonds. The van der Waals surface area contributed by atoms with Crippen LogP contribution in [0, 0.1) is 0 Å². The molecule has 3 rings (SSSR count). The molecule has 7 heteroatoms. The van der Waals surface area contributed by atoms with Crippen molar-refractivity contribution >= 4 is 21.4 Å². The molecule has 1 aromatic heterocycles. The summed E-state index contributed by atoms with van der Waals surface area (Å²) in [5.41, 5.74) is 2.10. The van der Waals surface area contributed by atoms with Crippen molar-refractivity contribution in [1.82, 2.24) is 10.2 Å². The van der Waals surface area contributed by atoms with Crippen LogP contribution in [0.15, 0.2) is 64.4 Å². The predicted molar refractivity (Wildman–Crippen MR) is 93.8 cm³/mol. The van der Waals surface area contributed by atoms with Crippen LogP contribution >= 0.6 is 11.6 Å². The van der Waals surface area contributed by atoms with E-state index in [4.69, 9.17) is 11.6 Å². The first kappa shape index (κ1) is 16.4. The van der Waals surface area contributed by atoms with Gasteiger partial charge < -0.3 is 0 Å². The number of sulfone groups is 1. The fourth-order valence-corrected chi connectivity index (χ4v) is 3.14. The first-order valence-electron chi connectivity index (χ1n) is 7.00. The van der Waals surface area contributed by atoms with Crippen LogP contribution in [-0.2, 0) is 9.84 Å². The molecule has 2 aromatic carbocycles. The minimum Gasteiger partial charge on any atom is -0.287 e. The molecule has 0 aliphatic carbocycles. The minimum atomic E-state index is -3.28. The highest BCUT2D eigenvalue weighted by molar-refractivity contribution is 7.90. The fourth-order valence-electron chi connectivity index (χ4n) is 2.38. The van der Waals surface area contributed by atoms with Gasteiger partial charge in [0.1, 0.15) is 0 Å². The van der Waals surface area contributed by atoms with Gasteiger partial charge in [-0.05, 0) is 29.8 Å². The summed E-state index contributed by atoms with van der Waals surface area (Å²) in [4.78, 5) is 12.5. The molecule has 0 saturated carbocycles. The Morgan fingerprint density at radius 2 is 1.54 bits per heavy atom. The molecule has 24 heavy (non-hydrogen) atoms. The third-order valence-corrected chi connectivity index (χ3v) is 4.94. The van der Waals surface area contributed by atoms with E-state index in [0.717, 1.165) is 6.26 Å². The van der Waals surface area contributed by atoms with Gasteiger partial charge in [0.15, 0.2) is 9.84 Å². The zero-order chi connectivity index (χ0) is 17.3. The first-order chi connectivity index (χ1) is 11.4. The second kappa shape index (κ2) is 6.22. The maximum absolute atomic E-state index is 12.3. The highest BCUT2D eigenvalue weighted by Crippen LogP contribution is 2.28. The topological polar surface area (TPSA) is 79.9 Å². The number of H-pyrrole nitrogens is 1. The fraction of sp³-hybridized carbons (Fsp3) is 0.0588. The van der Waals surface area contributed by atoms with Crippen LogP contribution in [0.1, 0.15) is 0 Å². The van der Waals surface area contributed by atoms with E-state index in [1.165, 1.54) is 18.3 Å². The van der Waals surface area contributed by atoms with Crippen molar-refractivity contribution in [2.75, 3.05) is 6.26 Å². The number of aromatic nitrogens is 2. The summed E-state index contributed by atoms with van der Waals surface area (Å²) in [6, 6.07) is 13.2. The molecule has 0 unspecified atom stereocenters. The van der Waals surface area contributed by atoms with Gasteiger partial charge >= 0.3 is 0 Å². The van der Waals surface area contributed by atoms with Gasteiger partial charge in [0.2, 0.25) is 5.43 Å². The number of hydrogen-bond acceptors (Lipinski definition) is 4. The van der Waals surface area contributed by atoms with Crippen molar-refractivity contribution in [3.63, 3.8) is 0 Å². The Labute approximate surface area is 143 Å². The van der Waals surface area contributed by atoms with Gasteiger partial charge in [-0.25, -0.2) is 8.42 Å². The Balaban J connectivity index is 2.17. The monoisotopic (exact) mass is 360 g/mol. The number of nitrogens with one attached hydrogen (secondary N) is 1. The Bertz CT molecular complexity index is 1040. The minimum absolute atomic E-state index is 0.213. The molecule has 5 nitrogen and oxygen atoms in total. The zero-order valence-corrected chi connectivity index (χ0v) is 14.2. The highest BCUT2D eigenvalue weighted by atomic mass is 35.5. The number of benzene rings is 2. The van der Waals surface area contributed by atoms with E-state index in [0.29, 0.717) is 27.4 Å². The molecular weight excluding hydrogens is 348 g/mol. The average Bonchev–Trinajstić information content (AvgIpc) is 2.55. The summed E-state index contributed by atoms with van der Waals surface area (Å²) in [6.07, 6.45) is 2.35. The quantitative estimate of drug-likeness (QED) is 0.778. The number of hydrogen-bond donors (Lipinski definition) is 1. The van der Waals surface area contributed by atoms with Crippen LogP contribution in [0.3, 0.4) is 0 Å². The molecule has 0 fully saturated rings. The van der Waals surface area contributed by atoms with Crippen molar-refractivity contribution < 1.29 is 8.42 Å². The Morgan fingerprint density at radius 3 is 2.12 bits per heavy atom. The Hall–Kier alpha value is -2.44. The van der Waals surface area contributed by atoms with Crippen LogP contribution in [0.4, 0.5) is 0 Å². The molecule has 1 N–H and O–H groups in total. The Morgan fingerprint density at radius 1 is 0.958 bits per heavy atom. The van der Waals surface area contributed by atoms with Crippen molar-refractivity contribution in [1.29, 1.82) is 0 Å². The molecule has 0 bridgehead atoms. The van der Waals surface area contributed by atoms with E-state index in [1.54, 1.807) is 36.4 Å². The molecule has 122 valence electrons. The zero-order valence-electron chi connectivity index (χ0n) is 12.7. The molecule has 0 radical (unpaired) electrons. The maximum atomic E-state index is 12.3. The molecule has 0 aliphatic rings. The number of rotatable bonds is 3. The molecule has 0 atom stereocenters. The summed E-state index contributed by atoms with van der Waals surface area (Å²) in [5, 5.41) is 7.26. The third-order valence-electron chi connectivity index (χ3n) is 3.56. The lowest BCUT2D eigenvalue weighted by atomic mass is 10.00. The molecule has 0 aliphatic heterocycles. The normalized spacial score (nSPS) is 11.4. The van der Waals surface area contributed by atoms with Crippen LogP contribution in [0.25, 0.3) is 22.4 Å². The summed E-state index contributed by atoms with van der Waals surface area (Å²) in [5.74, 6) is 0. The second-order valence-electron chi connectivity index (χ2n) is 5.29. The SMILES string of the molecule is CS(=O)(=O)c1ccc(-c2[nH]ncc(=O)c2-c2ccc(Cl)cc2)cc1. The maximum Gasteiger partial charge on any atom is 0.208 e. The van der Waals surface area contributed by atoms with Gasteiger partial charge in [0.05, 0.1) is 22.3 Å². The van der Waals surface area contributed by atoms with Crippen molar-refractivity contribution in [2.24, 2.45) is 0 Å². The lowest BCUT2D eigenvalue weighted by Gasteiger charge is -2.09. The van der Waals surface area contributed by atoms with Gasteiger partial charge in [-0.2, -0.15) is 5.10 Å². The number of aromatic amines is 1. The van der Waals surface area contributed by atoms with E-state index in [1.807, 2.05) is 0 Å². The van der Waals surface area contributed by atoms with Crippen LogP contribution < -0.4 is 5.43 Å². The molecular formula is C17H13ClN2O3S. The predicted octanol–water partition coefficient (Wildman–Crippen LogP) is 3.16. The average molecular weight is 361 g/mol. The lowest BCUT2D eigenvalue weighted by molar-refractivity contribution is 0.602. The molecule has 0 saturated heterocycles. The lowest BCUT2D eigenvalue weighted by Crippen LogP contribution is -2.08. The van der Waals surface area contributed by atoms with Gasteiger partial charge in [0, 0.05) is 16.8 Å². The molecule has 0 spiro atoms. The summed E-state index contributed by atoms with van der Waals surface area (Å²) in [7, 11) is -3.28. The summed E-state index contributed by atoms with van der Waals surface area (Å²) in [6.45, 7) is 0. The van der Waals surface area contributed by atoms with Crippen LogP contribution in [0.2, 0.25) is 5.02 Å².